The molecule has 1 aliphatic rings. The van der Waals surface area contributed by atoms with E-state index in [0.717, 1.165) is 11.8 Å². The summed E-state index contributed by atoms with van der Waals surface area (Å²) in [4.78, 5) is 0. The minimum absolute atomic E-state index is 0.287. The van der Waals surface area contributed by atoms with Crippen molar-refractivity contribution in [2.24, 2.45) is 0 Å². The Balaban J connectivity index is 2.35. The van der Waals surface area contributed by atoms with Crippen molar-refractivity contribution >= 4 is 10.1 Å². The molecule has 0 amide bonds. The second-order valence-corrected chi connectivity index (χ2v) is 6.65. The fourth-order valence-electron chi connectivity index (χ4n) is 2.13. The molecule has 0 radical (unpaired) electrons. The van der Waals surface area contributed by atoms with Gasteiger partial charge in [0.2, 0.25) is 6.29 Å². The lowest BCUT2D eigenvalue weighted by Gasteiger charge is -2.25. The smallest absolute Gasteiger partial charge is 0.306 e. The Kier molecular flexibility index (Phi) is 3.49. The highest BCUT2D eigenvalue weighted by Gasteiger charge is 2.42. The average Bonchev–Trinajstić information content (AvgIpc) is 2.50. The number of ether oxygens (including phenoxy) is 2. The molecule has 0 spiro atoms. The summed E-state index contributed by atoms with van der Waals surface area (Å²) in [6.07, 6.45) is 0.645. The first-order chi connectivity index (χ1) is 8.74. The van der Waals surface area contributed by atoms with E-state index in [1.807, 2.05) is 20.8 Å². The second kappa shape index (κ2) is 4.68. The molecular formula is C13H18O5S. The van der Waals surface area contributed by atoms with Gasteiger partial charge in [0.05, 0.1) is 11.7 Å². The highest BCUT2D eigenvalue weighted by atomic mass is 32.2. The fraction of sp³-hybridized carbons (Fsp3) is 0.538. The van der Waals surface area contributed by atoms with Crippen LogP contribution in [0, 0.1) is 0 Å². The van der Waals surface area contributed by atoms with Crippen LogP contribution in [0.2, 0.25) is 0 Å². The molecule has 1 aromatic rings. The lowest BCUT2D eigenvalue weighted by Crippen LogP contribution is -2.34. The van der Waals surface area contributed by atoms with Crippen LogP contribution in [0.15, 0.2) is 18.2 Å². The molecule has 0 aliphatic carbocycles. The summed E-state index contributed by atoms with van der Waals surface area (Å²) in [6.45, 7) is 6.43. The van der Waals surface area contributed by atoms with Gasteiger partial charge in [0, 0.05) is 12.2 Å². The van der Waals surface area contributed by atoms with Crippen LogP contribution < -0.4 is 8.92 Å². The van der Waals surface area contributed by atoms with E-state index in [0.29, 0.717) is 12.4 Å². The fourth-order valence-corrected chi connectivity index (χ4v) is 2.58. The van der Waals surface area contributed by atoms with Crippen LogP contribution >= 0.6 is 0 Å². The molecule has 0 aromatic heterocycles. The normalized spacial score (nSPS) is 20.7. The largest absolute Gasteiger partial charge is 0.464 e. The summed E-state index contributed by atoms with van der Waals surface area (Å²) in [5, 5.41) is 0. The first kappa shape index (κ1) is 14.1. The standard InChI is InChI=1S/C13H18O5S/c1-5-16-12-13(2,3)10-8-9(18-19(4,14)15)6-7-11(10)17-12/h6-8,12H,5H2,1-4H3/t12-/m1/s1. The first-order valence-electron chi connectivity index (χ1n) is 6.06. The number of hydrogen-bond donors (Lipinski definition) is 0. The summed E-state index contributed by atoms with van der Waals surface area (Å²) in [5.74, 6) is 0.986. The van der Waals surface area contributed by atoms with Gasteiger partial charge >= 0.3 is 10.1 Å². The van der Waals surface area contributed by atoms with Gasteiger partial charge in [0.1, 0.15) is 11.5 Å². The van der Waals surface area contributed by atoms with Crippen LogP contribution in [0.4, 0.5) is 0 Å². The summed E-state index contributed by atoms with van der Waals surface area (Å²) >= 11 is 0. The van der Waals surface area contributed by atoms with Crippen molar-refractivity contribution < 1.29 is 22.1 Å². The lowest BCUT2D eigenvalue weighted by molar-refractivity contribution is -0.0981. The second-order valence-electron chi connectivity index (χ2n) is 5.07. The van der Waals surface area contributed by atoms with Crippen molar-refractivity contribution in [2.45, 2.75) is 32.5 Å². The Labute approximate surface area is 113 Å². The van der Waals surface area contributed by atoms with Gasteiger partial charge in [-0.05, 0) is 39.0 Å². The Morgan fingerprint density at radius 3 is 2.63 bits per heavy atom. The maximum Gasteiger partial charge on any atom is 0.306 e. The molecule has 0 saturated heterocycles. The Hall–Kier alpha value is -1.27. The van der Waals surface area contributed by atoms with Crippen LogP contribution in [0.5, 0.6) is 11.5 Å². The quantitative estimate of drug-likeness (QED) is 0.793. The van der Waals surface area contributed by atoms with Crippen molar-refractivity contribution in [3.05, 3.63) is 23.8 Å². The van der Waals surface area contributed by atoms with E-state index in [2.05, 4.69) is 0 Å². The molecule has 1 aromatic carbocycles. The Bertz CT molecular complexity index is 577. The van der Waals surface area contributed by atoms with Crippen molar-refractivity contribution in [1.29, 1.82) is 0 Å². The molecular weight excluding hydrogens is 268 g/mol. The molecule has 1 aliphatic heterocycles. The van der Waals surface area contributed by atoms with Crippen LogP contribution in [0.3, 0.4) is 0 Å². The molecule has 1 atom stereocenters. The number of rotatable bonds is 4. The first-order valence-corrected chi connectivity index (χ1v) is 7.88. The number of benzene rings is 1. The highest BCUT2D eigenvalue weighted by Crippen LogP contribution is 2.44. The Morgan fingerprint density at radius 2 is 2.05 bits per heavy atom. The van der Waals surface area contributed by atoms with Gasteiger partial charge in [-0.2, -0.15) is 8.42 Å². The van der Waals surface area contributed by atoms with E-state index in [4.69, 9.17) is 13.7 Å². The minimum atomic E-state index is -3.53. The average molecular weight is 286 g/mol. The van der Waals surface area contributed by atoms with E-state index < -0.39 is 10.1 Å². The third-order valence-electron chi connectivity index (χ3n) is 3.03. The van der Waals surface area contributed by atoms with Gasteiger partial charge in [-0.25, -0.2) is 0 Å². The van der Waals surface area contributed by atoms with Gasteiger partial charge in [0.25, 0.3) is 0 Å². The Morgan fingerprint density at radius 1 is 1.37 bits per heavy atom. The third kappa shape index (κ3) is 2.84. The molecule has 19 heavy (non-hydrogen) atoms. The zero-order chi connectivity index (χ0) is 14.3. The molecule has 1 heterocycles. The highest BCUT2D eigenvalue weighted by molar-refractivity contribution is 7.86. The third-order valence-corrected chi connectivity index (χ3v) is 3.53. The minimum Gasteiger partial charge on any atom is -0.464 e. The molecule has 0 N–H and O–H groups in total. The van der Waals surface area contributed by atoms with Crippen molar-refractivity contribution in [1.82, 2.24) is 0 Å². The molecule has 2 rings (SSSR count). The van der Waals surface area contributed by atoms with E-state index in [9.17, 15) is 8.42 Å². The van der Waals surface area contributed by atoms with E-state index in [1.165, 1.54) is 0 Å². The van der Waals surface area contributed by atoms with Crippen LogP contribution in [-0.4, -0.2) is 27.6 Å². The molecule has 0 unspecified atom stereocenters. The summed E-state index contributed by atoms with van der Waals surface area (Å²) in [6, 6.07) is 4.97. The van der Waals surface area contributed by atoms with Gasteiger partial charge in [-0.3, -0.25) is 0 Å². The zero-order valence-electron chi connectivity index (χ0n) is 11.5. The van der Waals surface area contributed by atoms with E-state index in [1.54, 1.807) is 18.2 Å². The van der Waals surface area contributed by atoms with Crippen molar-refractivity contribution in [3.63, 3.8) is 0 Å². The molecule has 6 heteroatoms. The summed E-state index contributed by atoms with van der Waals surface area (Å²) in [5.41, 5.74) is 0.523. The van der Waals surface area contributed by atoms with Crippen LogP contribution in [0.25, 0.3) is 0 Å². The predicted molar refractivity (Wildman–Crippen MR) is 71.0 cm³/mol. The maximum atomic E-state index is 11.2. The van der Waals surface area contributed by atoms with Gasteiger partial charge in [0.15, 0.2) is 0 Å². The molecule has 0 fully saturated rings. The molecule has 106 valence electrons. The molecule has 5 nitrogen and oxygen atoms in total. The lowest BCUT2D eigenvalue weighted by atomic mass is 9.85. The van der Waals surface area contributed by atoms with Crippen molar-refractivity contribution in [3.8, 4) is 11.5 Å². The summed E-state index contributed by atoms with van der Waals surface area (Å²) in [7, 11) is -3.53. The van der Waals surface area contributed by atoms with Gasteiger partial charge < -0.3 is 13.7 Å². The number of hydrogen-bond acceptors (Lipinski definition) is 5. The SMILES string of the molecule is CCO[C@@H]1Oc2ccc(OS(C)(=O)=O)cc2C1(C)C. The molecule has 0 saturated carbocycles. The van der Waals surface area contributed by atoms with Gasteiger partial charge in [-0.15, -0.1) is 0 Å². The van der Waals surface area contributed by atoms with Crippen LogP contribution in [-0.2, 0) is 20.3 Å². The monoisotopic (exact) mass is 286 g/mol. The summed E-state index contributed by atoms with van der Waals surface area (Å²) < 4.78 is 38.5. The molecule has 0 bridgehead atoms. The van der Waals surface area contributed by atoms with Crippen LogP contribution in [0.1, 0.15) is 26.3 Å². The number of fused-ring (bicyclic) bond motifs is 1. The maximum absolute atomic E-state index is 11.2. The topological polar surface area (TPSA) is 61.8 Å². The predicted octanol–water partition coefficient (Wildman–Crippen LogP) is 2.06. The zero-order valence-corrected chi connectivity index (χ0v) is 12.3. The van der Waals surface area contributed by atoms with E-state index >= 15 is 0 Å². The van der Waals surface area contributed by atoms with Crippen molar-refractivity contribution in [2.75, 3.05) is 12.9 Å². The van der Waals surface area contributed by atoms with E-state index in [-0.39, 0.29) is 17.5 Å². The van der Waals surface area contributed by atoms with Gasteiger partial charge in [-0.1, -0.05) is 0 Å².